The van der Waals surface area contributed by atoms with Gasteiger partial charge in [-0.3, -0.25) is 4.79 Å². The van der Waals surface area contributed by atoms with Crippen LogP contribution in [0.15, 0.2) is 16.7 Å². The lowest BCUT2D eigenvalue weighted by Crippen LogP contribution is -2.06. The minimum absolute atomic E-state index is 0.0819. The molecule has 0 amide bonds. The smallest absolute Gasteiger partial charge is 0.194 e. The van der Waals surface area contributed by atoms with Gasteiger partial charge in [-0.15, -0.1) is 0 Å². The van der Waals surface area contributed by atoms with Crippen LogP contribution in [-0.2, 0) is 0 Å². The molecule has 0 saturated heterocycles. The third-order valence-corrected chi connectivity index (χ3v) is 2.14. The molecule has 1 aromatic rings. The molecule has 1 rings (SSSR count). The van der Waals surface area contributed by atoms with E-state index < -0.39 is 5.82 Å². The topological polar surface area (TPSA) is 30.0 Å². The molecule has 0 radical (unpaired) electrons. The Kier molecular flexibility index (Phi) is 3.34. The third-order valence-electron chi connectivity index (χ3n) is 1.19. The molecule has 0 N–H and O–H groups in total. The molecule has 0 aliphatic heterocycles. The Hall–Kier alpha value is -0.290. The summed E-state index contributed by atoms with van der Waals surface area (Å²) >= 11 is 5.98. The monoisotopic (exact) mass is 295 g/mol. The normalized spacial score (nSPS) is 9.92. The Labute approximate surface area is 85.4 Å². The number of pyridine rings is 1. The SMILES string of the molecule is O=C(CBr)c1ncc(Br)cc1F. The van der Waals surface area contributed by atoms with E-state index in [0.717, 1.165) is 0 Å². The van der Waals surface area contributed by atoms with E-state index in [1.807, 2.05) is 0 Å². The van der Waals surface area contributed by atoms with Gasteiger partial charge in [-0.25, -0.2) is 9.37 Å². The lowest BCUT2D eigenvalue weighted by molar-refractivity contribution is 0.101. The summed E-state index contributed by atoms with van der Waals surface area (Å²) in [4.78, 5) is 14.6. The second kappa shape index (κ2) is 4.09. The van der Waals surface area contributed by atoms with Crippen molar-refractivity contribution in [2.45, 2.75) is 0 Å². The molecule has 0 bridgehead atoms. The van der Waals surface area contributed by atoms with Crippen LogP contribution in [0.3, 0.4) is 0 Å². The van der Waals surface area contributed by atoms with Crippen LogP contribution in [-0.4, -0.2) is 16.1 Å². The highest BCUT2D eigenvalue weighted by Crippen LogP contribution is 2.13. The summed E-state index contributed by atoms with van der Waals surface area (Å²) in [5.41, 5.74) is -0.130. The van der Waals surface area contributed by atoms with Crippen molar-refractivity contribution in [3.8, 4) is 0 Å². The fraction of sp³-hybridized carbons (Fsp3) is 0.143. The van der Waals surface area contributed by atoms with Gasteiger partial charge in [0.25, 0.3) is 0 Å². The van der Waals surface area contributed by atoms with Crippen LogP contribution >= 0.6 is 31.9 Å². The molecule has 0 aliphatic rings. The summed E-state index contributed by atoms with van der Waals surface area (Å²) in [5.74, 6) is -0.964. The van der Waals surface area contributed by atoms with Crippen molar-refractivity contribution in [3.63, 3.8) is 0 Å². The molecule has 64 valence electrons. The maximum Gasteiger partial charge on any atom is 0.194 e. The van der Waals surface area contributed by atoms with E-state index in [9.17, 15) is 9.18 Å². The van der Waals surface area contributed by atoms with Crippen molar-refractivity contribution in [1.29, 1.82) is 0 Å². The van der Waals surface area contributed by atoms with E-state index in [2.05, 4.69) is 36.8 Å². The first kappa shape index (κ1) is 9.80. The zero-order valence-corrected chi connectivity index (χ0v) is 9.02. The number of hydrogen-bond acceptors (Lipinski definition) is 2. The van der Waals surface area contributed by atoms with Gasteiger partial charge in [0.05, 0.1) is 5.33 Å². The van der Waals surface area contributed by atoms with Crippen LogP contribution in [0.25, 0.3) is 0 Å². The van der Waals surface area contributed by atoms with E-state index in [-0.39, 0.29) is 16.8 Å². The molecule has 0 spiro atoms. The number of rotatable bonds is 2. The summed E-state index contributed by atoms with van der Waals surface area (Å²) in [6.45, 7) is 0. The van der Waals surface area contributed by atoms with Gasteiger partial charge in [-0.2, -0.15) is 0 Å². The zero-order valence-electron chi connectivity index (χ0n) is 5.85. The van der Waals surface area contributed by atoms with Crippen LogP contribution in [0.2, 0.25) is 0 Å². The quantitative estimate of drug-likeness (QED) is 0.620. The average molecular weight is 297 g/mol. The number of carbonyl (C=O) groups excluding carboxylic acids is 1. The maximum atomic E-state index is 13.0. The first-order valence-corrected chi connectivity index (χ1v) is 4.97. The van der Waals surface area contributed by atoms with Crippen LogP contribution < -0.4 is 0 Å². The summed E-state index contributed by atoms with van der Waals surface area (Å²) < 4.78 is 13.5. The first-order valence-electron chi connectivity index (χ1n) is 3.05. The molecule has 1 heterocycles. The fourth-order valence-electron chi connectivity index (χ4n) is 0.683. The Morgan fingerprint density at radius 3 is 2.83 bits per heavy atom. The Bertz CT molecular complexity index is 316. The van der Waals surface area contributed by atoms with Crippen LogP contribution in [0.5, 0.6) is 0 Å². The van der Waals surface area contributed by atoms with Crippen LogP contribution in [0.4, 0.5) is 4.39 Å². The van der Waals surface area contributed by atoms with Gasteiger partial charge < -0.3 is 0 Å². The molecular weight excluding hydrogens is 293 g/mol. The van der Waals surface area contributed by atoms with Crippen molar-refractivity contribution in [3.05, 3.63) is 28.2 Å². The molecular formula is C7H4Br2FNO. The highest BCUT2D eigenvalue weighted by Gasteiger charge is 2.11. The van der Waals surface area contributed by atoms with Gasteiger partial charge in [-0.1, -0.05) is 15.9 Å². The molecule has 0 fully saturated rings. The largest absolute Gasteiger partial charge is 0.291 e. The number of Topliss-reactive ketones (excluding diaryl/α,β-unsaturated/α-hetero) is 1. The molecule has 0 atom stereocenters. The number of hydrogen-bond donors (Lipinski definition) is 0. The van der Waals surface area contributed by atoms with E-state index >= 15 is 0 Å². The van der Waals surface area contributed by atoms with Gasteiger partial charge in [-0.05, 0) is 22.0 Å². The third kappa shape index (κ3) is 2.10. The molecule has 0 aliphatic carbocycles. The molecule has 12 heavy (non-hydrogen) atoms. The lowest BCUT2D eigenvalue weighted by Gasteiger charge is -1.97. The fourth-order valence-corrected chi connectivity index (χ4v) is 1.25. The zero-order chi connectivity index (χ0) is 9.14. The molecule has 5 heteroatoms. The van der Waals surface area contributed by atoms with E-state index in [1.54, 1.807) is 0 Å². The summed E-state index contributed by atoms with van der Waals surface area (Å²) in [6, 6.07) is 1.21. The number of aromatic nitrogens is 1. The van der Waals surface area contributed by atoms with Crippen LogP contribution in [0.1, 0.15) is 10.5 Å². The Morgan fingerprint density at radius 2 is 2.33 bits per heavy atom. The second-order valence-corrected chi connectivity index (χ2v) is 3.52. The maximum absolute atomic E-state index is 13.0. The van der Waals surface area contributed by atoms with Gasteiger partial charge in [0.1, 0.15) is 5.69 Å². The number of carbonyl (C=O) groups is 1. The van der Waals surface area contributed by atoms with E-state index in [0.29, 0.717) is 4.47 Å². The number of halogens is 3. The molecule has 1 aromatic heterocycles. The number of alkyl halides is 1. The molecule has 0 saturated carbocycles. The van der Waals surface area contributed by atoms with Crippen molar-refractivity contribution < 1.29 is 9.18 Å². The van der Waals surface area contributed by atoms with Gasteiger partial charge in [0, 0.05) is 10.7 Å². The minimum Gasteiger partial charge on any atom is -0.291 e. The highest BCUT2D eigenvalue weighted by atomic mass is 79.9. The Morgan fingerprint density at radius 1 is 1.67 bits per heavy atom. The molecule has 2 nitrogen and oxygen atoms in total. The molecule has 0 unspecified atom stereocenters. The second-order valence-electron chi connectivity index (χ2n) is 2.04. The van der Waals surface area contributed by atoms with Crippen molar-refractivity contribution in [2.75, 3.05) is 5.33 Å². The van der Waals surface area contributed by atoms with E-state index in [4.69, 9.17) is 0 Å². The summed E-state index contributed by atoms with van der Waals surface area (Å²) in [6.07, 6.45) is 1.39. The summed E-state index contributed by atoms with van der Waals surface area (Å²) in [7, 11) is 0. The van der Waals surface area contributed by atoms with E-state index in [1.165, 1.54) is 12.3 Å². The van der Waals surface area contributed by atoms with Gasteiger partial charge >= 0.3 is 0 Å². The number of ketones is 1. The first-order chi connectivity index (χ1) is 5.65. The lowest BCUT2D eigenvalue weighted by atomic mass is 10.2. The van der Waals surface area contributed by atoms with Gasteiger partial charge in [0.2, 0.25) is 0 Å². The summed E-state index contributed by atoms with van der Waals surface area (Å²) in [5, 5.41) is 0.0819. The average Bonchev–Trinajstić information content (AvgIpc) is 2.03. The minimum atomic E-state index is -0.603. The Balaban J connectivity index is 3.09. The predicted octanol–water partition coefficient (Wildman–Crippen LogP) is 2.56. The standard InChI is InChI=1S/C7H4Br2FNO/c8-2-6(12)7-5(10)1-4(9)3-11-7/h1,3H,2H2. The van der Waals surface area contributed by atoms with Crippen molar-refractivity contribution in [1.82, 2.24) is 4.98 Å². The van der Waals surface area contributed by atoms with Crippen LogP contribution in [0, 0.1) is 5.82 Å². The number of nitrogens with zero attached hydrogens (tertiary/aromatic N) is 1. The van der Waals surface area contributed by atoms with Crippen molar-refractivity contribution in [2.24, 2.45) is 0 Å². The van der Waals surface area contributed by atoms with Gasteiger partial charge in [0.15, 0.2) is 11.6 Å². The molecule has 0 aromatic carbocycles. The highest BCUT2D eigenvalue weighted by molar-refractivity contribution is 9.10. The predicted molar refractivity (Wildman–Crippen MR) is 50.0 cm³/mol. The van der Waals surface area contributed by atoms with Crippen molar-refractivity contribution >= 4 is 37.6 Å².